The number of rotatable bonds is 4. The molecule has 1 aromatic carbocycles. The maximum atomic E-state index is 12.8. The van der Waals surface area contributed by atoms with Gasteiger partial charge in [0.05, 0.1) is 0 Å². The average Bonchev–Trinajstić information content (AvgIpc) is 2.40. The third kappa shape index (κ3) is 3.51. The lowest BCUT2D eigenvalue weighted by Gasteiger charge is -2.34. The lowest BCUT2D eigenvalue weighted by molar-refractivity contribution is 0.170. The molecular formula is C14H22FN3. The van der Waals surface area contributed by atoms with Gasteiger partial charge in [-0.3, -0.25) is 4.90 Å². The van der Waals surface area contributed by atoms with Gasteiger partial charge in [0.1, 0.15) is 5.82 Å². The number of nitrogens with two attached hydrogens (primary N) is 1. The van der Waals surface area contributed by atoms with Crippen LogP contribution in [0.2, 0.25) is 0 Å². The van der Waals surface area contributed by atoms with Crippen LogP contribution in [0.15, 0.2) is 24.3 Å². The Morgan fingerprint density at radius 2 is 1.89 bits per heavy atom. The van der Waals surface area contributed by atoms with E-state index < -0.39 is 0 Å². The predicted molar refractivity (Wildman–Crippen MR) is 71.9 cm³/mol. The van der Waals surface area contributed by atoms with Crippen molar-refractivity contribution >= 4 is 0 Å². The SMILES string of the molecule is CC(CC(N)c1ccc(F)cc1)N1CCNCC1. The largest absolute Gasteiger partial charge is 0.324 e. The molecule has 2 rings (SSSR count). The Hall–Kier alpha value is -0.970. The van der Waals surface area contributed by atoms with Crippen LogP contribution in [0.25, 0.3) is 0 Å². The van der Waals surface area contributed by atoms with Crippen LogP contribution in [0.3, 0.4) is 0 Å². The van der Waals surface area contributed by atoms with Crippen molar-refractivity contribution < 1.29 is 4.39 Å². The van der Waals surface area contributed by atoms with E-state index in [1.807, 2.05) is 0 Å². The zero-order valence-corrected chi connectivity index (χ0v) is 10.9. The first-order valence-corrected chi connectivity index (χ1v) is 6.62. The van der Waals surface area contributed by atoms with Crippen LogP contribution in [-0.2, 0) is 0 Å². The second kappa shape index (κ2) is 6.27. The lowest BCUT2D eigenvalue weighted by atomic mass is 10.00. The van der Waals surface area contributed by atoms with E-state index in [0.717, 1.165) is 38.2 Å². The molecule has 0 aliphatic carbocycles. The highest BCUT2D eigenvalue weighted by atomic mass is 19.1. The molecule has 3 N–H and O–H groups in total. The van der Waals surface area contributed by atoms with Gasteiger partial charge in [-0.25, -0.2) is 4.39 Å². The van der Waals surface area contributed by atoms with Gasteiger partial charge in [0.25, 0.3) is 0 Å². The first kappa shape index (κ1) is 13.5. The Morgan fingerprint density at radius 1 is 1.28 bits per heavy atom. The van der Waals surface area contributed by atoms with Gasteiger partial charge in [-0.15, -0.1) is 0 Å². The Balaban J connectivity index is 1.89. The summed E-state index contributed by atoms with van der Waals surface area (Å²) < 4.78 is 12.8. The Kier molecular flexibility index (Phi) is 4.69. The summed E-state index contributed by atoms with van der Waals surface area (Å²) in [6.45, 7) is 6.48. The fourth-order valence-corrected chi connectivity index (χ4v) is 2.49. The van der Waals surface area contributed by atoms with E-state index in [-0.39, 0.29) is 11.9 Å². The summed E-state index contributed by atoms with van der Waals surface area (Å²) in [6, 6.07) is 6.97. The summed E-state index contributed by atoms with van der Waals surface area (Å²) in [5.74, 6) is -0.207. The number of nitrogens with one attached hydrogen (secondary N) is 1. The number of nitrogens with zero attached hydrogens (tertiary/aromatic N) is 1. The number of halogens is 1. The van der Waals surface area contributed by atoms with Gasteiger partial charge in [0.2, 0.25) is 0 Å². The molecule has 4 heteroatoms. The van der Waals surface area contributed by atoms with Gasteiger partial charge < -0.3 is 11.1 Å². The number of hydrogen-bond acceptors (Lipinski definition) is 3. The molecule has 1 heterocycles. The summed E-state index contributed by atoms with van der Waals surface area (Å²) in [6.07, 6.45) is 0.908. The standard InChI is InChI=1S/C14H22FN3/c1-11(18-8-6-17-7-9-18)10-14(16)12-2-4-13(15)5-3-12/h2-5,11,14,17H,6-10,16H2,1H3. The van der Waals surface area contributed by atoms with Crippen molar-refractivity contribution in [3.05, 3.63) is 35.6 Å². The molecule has 0 saturated carbocycles. The molecule has 0 aromatic heterocycles. The minimum atomic E-state index is -0.207. The smallest absolute Gasteiger partial charge is 0.123 e. The van der Waals surface area contributed by atoms with Gasteiger partial charge in [-0.05, 0) is 31.0 Å². The minimum absolute atomic E-state index is 0.0181. The highest BCUT2D eigenvalue weighted by Gasteiger charge is 2.19. The molecule has 0 bridgehead atoms. The van der Waals surface area contributed by atoms with Crippen LogP contribution >= 0.6 is 0 Å². The maximum Gasteiger partial charge on any atom is 0.123 e. The zero-order chi connectivity index (χ0) is 13.0. The van der Waals surface area contributed by atoms with Gasteiger partial charge in [0, 0.05) is 38.3 Å². The summed E-state index contributed by atoms with van der Waals surface area (Å²) in [4.78, 5) is 2.46. The fourth-order valence-electron chi connectivity index (χ4n) is 2.49. The van der Waals surface area contributed by atoms with E-state index in [1.54, 1.807) is 12.1 Å². The van der Waals surface area contributed by atoms with E-state index >= 15 is 0 Å². The Morgan fingerprint density at radius 3 is 2.50 bits per heavy atom. The summed E-state index contributed by atoms with van der Waals surface area (Å²) in [7, 11) is 0. The monoisotopic (exact) mass is 251 g/mol. The molecule has 0 spiro atoms. The molecule has 1 saturated heterocycles. The lowest BCUT2D eigenvalue weighted by Crippen LogP contribution is -2.48. The van der Waals surface area contributed by atoms with Crippen molar-refractivity contribution in [2.45, 2.75) is 25.4 Å². The quantitative estimate of drug-likeness (QED) is 0.852. The predicted octanol–water partition coefficient (Wildman–Crippen LogP) is 1.51. The fraction of sp³-hybridized carbons (Fsp3) is 0.571. The molecule has 1 aromatic rings. The van der Waals surface area contributed by atoms with Crippen LogP contribution < -0.4 is 11.1 Å². The van der Waals surface area contributed by atoms with Crippen molar-refractivity contribution in [3.63, 3.8) is 0 Å². The summed E-state index contributed by atoms with van der Waals surface area (Å²) in [5.41, 5.74) is 7.20. The highest BCUT2D eigenvalue weighted by Crippen LogP contribution is 2.19. The van der Waals surface area contributed by atoms with E-state index in [1.165, 1.54) is 12.1 Å². The molecule has 1 aliphatic heterocycles. The summed E-state index contributed by atoms with van der Waals surface area (Å²) >= 11 is 0. The number of piperazine rings is 1. The maximum absolute atomic E-state index is 12.8. The van der Waals surface area contributed by atoms with Crippen LogP contribution in [0, 0.1) is 5.82 Å². The molecule has 0 radical (unpaired) electrons. The second-order valence-corrected chi connectivity index (χ2v) is 5.03. The van der Waals surface area contributed by atoms with Gasteiger partial charge in [-0.2, -0.15) is 0 Å². The Bertz CT molecular complexity index is 360. The van der Waals surface area contributed by atoms with Crippen molar-refractivity contribution in [1.29, 1.82) is 0 Å². The van der Waals surface area contributed by atoms with Gasteiger partial charge >= 0.3 is 0 Å². The minimum Gasteiger partial charge on any atom is -0.324 e. The first-order valence-electron chi connectivity index (χ1n) is 6.62. The van der Waals surface area contributed by atoms with E-state index in [4.69, 9.17) is 5.73 Å². The van der Waals surface area contributed by atoms with E-state index in [0.29, 0.717) is 6.04 Å². The topological polar surface area (TPSA) is 41.3 Å². The molecule has 2 unspecified atom stereocenters. The van der Waals surface area contributed by atoms with Gasteiger partial charge in [-0.1, -0.05) is 12.1 Å². The average molecular weight is 251 g/mol. The Labute approximate surface area is 108 Å². The molecule has 1 fully saturated rings. The summed E-state index contributed by atoms with van der Waals surface area (Å²) in [5, 5.41) is 3.35. The van der Waals surface area contributed by atoms with Crippen molar-refractivity contribution in [2.24, 2.45) is 5.73 Å². The molecule has 3 nitrogen and oxygen atoms in total. The first-order chi connectivity index (χ1) is 8.66. The third-order valence-electron chi connectivity index (χ3n) is 3.67. The highest BCUT2D eigenvalue weighted by molar-refractivity contribution is 5.19. The van der Waals surface area contributed by atoms with Crippen molar-refractivity contribution in [3.8, 4) is 0 Å². The number of hydrogen-bond donors (Lipinski definition) is 2. The zero-order valence-electron chi connectivity index (χ0n) is 10.9. The molecule has 1 aliphatic rings. The molecule has 100 valence electrons. The van der Waals surface area contributed by atoms with Crippen LogP contribution in [0.5, 0.6) is 0 Å². The van der Waals surface area contributed by atoms with Gasteiger partial charge in [0.15, 0.2) is 0 Å². The molecule has 2 atom stereocenters. The molecule has 0 amide bonds. The molecule has 18 heavy (non-hydrogen) atoms. The number of benzene rings is 1. The van der Waals surface area contributed by atoms with Crippen LogP contribution in [0.4, 0.5) is 4.39 Å². The molecular weight excluding hydrogens is 229 g/mol. The third-order valence-corrected chi connectivity index (χ3v) is 3.67. The van der Waals surface area contributed by atoms with Crippen molar-refractivity contribution in [2.75, 3.05) is 26.2 Å². The van der Waals surface area contributed by atoms with Crippen molar-refractivity contribution in [1.82, 2.24) is 10.2 Å². The van der Waals surface area contributed by atoms with Crippen LogP contribution in [0.1, 0.15) is 24.9 Å². The second-order valence-electron chi connectivity index (χ2n) is 5.03. The normalized spacial score (nSPS) is 20.6. The van der Waals surface area contributed by atoms with E-state index in [2.05, 4.69) is 17.1 Å². The van der Waals surface area contributed by atoms with E-state index in [9.17, 15) is 4.39 Å². The van der Waals surface area contributed by atoms with Crippen LogP contribution in [-0.4, -0.2) is 37.1 Å².